The number of hydrogen-bond donors (Lipinski definition) is 0. The topological polar surface area (TPSA) is 26.3 Å². The van der Waals surface area contributed by atoms with E-state index in [1.165, 1.54) is 31.3 Å². The molecule has 2 rings (SSSR count). The van der Waals surface area contributed by atoms with Crippen LogP contribution in [0, 0.1) is 23.2 Å². The van der Waals surface area contributed by atoms with E-state index < -0.39 is 0 Å². The molecular formula is C19H30O2. The molecule has 0 aliphatic heterocycles. The van der Waals surface area contributed by atoms with Crippen molar-refractivity contribution < 1.29 is 9.53 Å². The first kappa shape index (κ1) is 16.3. The molecule has 0 amide bonds. The van der Waals surface area contributed by atoms with Gasteiger partial charge >= 0.3 is 5.97 Å². The molecule has 2 fully saturated rings. The summed E-state index contributed by atoms with van der Waals surface area (Å²) in [6.45, 7) is 13.0. The van der Waals surface area contributed by atoms with Gasteiger partial charge < -0.3 is 4.74 Å². The van der Waals surface area contributed by atoms with E-state index in [0.29, 0.717) is 12.0 Å². The van der Waals surface area contributed by atoms with Crippen molar-refractivity contribution in [3.05, 3.63) is 23.8 Å². The lowest BCUT2D eigenvalue weighted by Gasteiger charge is -2.36. The Morgan fingerprint density at radius 2 is 2.19 bits per heavy atom. The summed E-state index contributed by atoms with van der Waals surface area (Å²) < 4.78 is 5.26. The maximum Gasteiger partial charge on any atom is 0.308 e. The molecule has 3 unspecified atom stereocenters. The summed E-state index contributed by atoms with van der Waals surface area (Å²) in [6.07, 6.45) is 8.59. The first-order chi connectivity index (χ1) is 9.84. The van der Waals surface area contributed by atoms with E-state index in [2.05, 4.69) is 19.6 Å². The predicted octanol–water partition coefficient (Wildman–Crippen LogP) is 4.90. The second kappa shape index (κ2) is 6.37. The van der Waals surface area contributed by atoms with Crippen LogP contribution < -0.4 is 0 Å². The molecule has 2 nitrogen and oxygen atoms in total. The number of carbonyl (C=O) groups is 1. The smallest absolute Gasteiger partial charge is 0.308 e. The zero-order valence-corrected chi connectivity index (χ0v) is 14.1. The van der Waals surface area contributed by atoms with Crippen LogP contribution in [0.5, 0.6) is 0 Å². The maximum atomic E-state index is 11.4. The summed E-state index contributed by atoms with van der Waals surface area (Å²) in [6, 6.07) is 0. The van der Waals surface area contributed by atoms with Gasteiger partial charge in [0.25, 0.3) is 0 Å². The van der Waals surface area contributed by atoms with Crippen LogP contribution in [0.4, 0.5) is 0 Å². The third-order valence-corrected chi connectivity index (χ3v) is 5.63. The molecule has 0 spiro atoms. The Hall–Kier alpha value is -1.05. The van der Waals surface area contributed by atoms with Gasteiger partial charge in [-0.15, -0.1) is 0 Å². The molecule has 0 saturated heterocycles. The summed E-state index contributed by atoms with van der Waals surface area (Å²) >= 11 is 0. The Labute approximate surface area is 129 Å². The number of rotatable bonds is 6. The molecule has 3 atom stereocenters. The van der Waals surface area contributed by atoms with Gasteiger partial charge in [-0.1, -0.05) is 39.0 Å². The van der Waals surface area contributed by atoms with E-state index in [-0.39, 0.29) is 11.9 Å². The van der Waals surface area contributed by atoms with Crippen molar-refractivity contribution in [2.45, 2.75) is 59.8 Å². The standard InChI is InChI=1S/C19H30O2/c1-13(2)18(20)21-12-14(3)7-6-10-19(5)15(4)16-8-9-17(19)11-16/h7,13,16-17H,4,6,8-12H2,1-3,5H3/b14-7-. The highest BCUT2D eigenvalue weighted by Gasteiger charge is 2.49. The lowest BCUT2D eigenvalue weighted by molar-refractivity contribution is -0.146. The second-order valence-electron chi connectivity index (χ2n) is 7.50. The normalized spacial score (nSPS) is 32.0. The van der Waals surface area contributed by atoms with Crippen LogP contribution in [0.1, 0.15) is 59.8 Å². The predicted molar refractivity (Wildman–Crippen MR) is 86.9 cm³/mol. The second-order valence-corrected chi connectivity index (χ2v) is 7.50. The molecule has 21 heavy (non-hydrogen) atoms. The monoisotopic (exact) mass is 290 g/mol. The molecule has 0 radical (unpaired) electrons. The molecule has 0 aromatic rings. The molecule has 0 heterocycles. The Morgan fingerprint density at radius 1 is 1.48 bits per heavy atom. The summed E-state index contributed by atoms with van der Waals surface area (Å²) in [5.41, 5.74) is 2.99. The van der Waals surface area contributed by atoms with Crippen molar-refractivity contribution in [1.82, 2.24) is 0 Å². The highest BCUT2D eigenvalue weighted by molar-refractivity contribution is 5.71. The minimum absolute atomic E-state index is 0.0472. The Bertz CT molecular complexity index is 446. The van der Waals surface area contributed by atoms with E-state index in [1.807, 2.05) is 20.8 Å². The van der Waals surface area contributed by atoms with Gasteiger partial charge in [0, 0.05) is 0 Å². The fourth-order valence-electron chi connectivity index (χ4n) is 4.00. The minimum Gasteiger partial charge on any atom is -0.461 e. The summed E-state index contributed by atoms with van der Waals surface area (Å²) in [5, 5.41) is 0. The van der Waals surface area contributed by atoms with Crippen LogP contribution in [-0.2, 0) is 9.53 Å². The number of ether oxygens (including phenoxy) is 1. The number of hydrogen-bond acceptors (Lipinski definition) is 2. The van der Waals surface area contributed by atoms with E-state index >= 15 is 0 Å². The van der Waals surface area contributed by atoms with E-state index in [4.69, 9.17) is 4.74 Å². The third-order valence-electron chi connectivity index (χ3n) is 5.63. The first-order valence-electron chi connectivity index (χ1n) is 8.36. The van der Waals surface area contributed by atoms with Crippen molar-refractivity contribution in [2.24, 2.45) is 23.2 Å². The number of allylic oxidation sites excluding steroid dienone is 2. The van der Waals surface area contributed by atoms with Crippen molar-refractivity contribution >= 4 is 5.97 Å². The van der Waals surface area contributed by atoms with Gasteiger partial charge in [0.15, 0.2) is 0 Å². The first-order valence-corrected chi connectivity index (χ1v) is 8.36. The molecule has 2 aliphatic rings. The number of esters is 1. The molecule has 0 aromatic heterocycles. The minimum atomic E-state index is -0.115. The average molecular weight is 290 g/mol. The van der Waals surface area contributed by atoms with Gasteiger partial charge in [-0.05, 0) is 61.9 Å². The lowest BCUT2D eigenvalue weighted by Crippen LogP contribution is -2.26. The van der Waals surface area contributed by atoms with E-state index in [1.54, 1.807) is 0 Å². The number of fused-ring (bicyclic) bond motifs is 2. The van der Waals surface area contributed by atoms with Gasteiger partial charge in [-0.3, -0.25) is 4.79 Å². The van der Waals surface area contributed by atoms with Crippen molar-refractivity contribution in [3.8, 4) is 0 Å². The summed E-state index contributed by atoms with van der Waals surface area (Å²) in [7, 11) is 0. The lowest BCUT2D eigenvalue weighted by atomic mass is 9.69. The van der Waals surface area contributed by atoms with Gasteiger partial charge in [0.05, 0.1) is 5.92 Å². The van der Waals surface area contributed by atoms with Crippen molar-refractivity contribution in [2.75, 3.05) is 6.61 Å². The molecule has 2 heteroatoms. The Kier molecular flexibility index (Phi) is 4.95. The summed E-state index contributed by atoms with van der Waals surface area (Å²) in [4.78, 5) is 11.4. The Balaban J connectivity index is 1.79. The van der Waals surface area contributed by atoms with E-state index in [9.17, 15) is 4.79 Å². The Morgan fingerprint density at radius 3 is 2.76 bits per heavy atom. The van der Waals surface area contributed by atoms with Crippen LogP contribution in [0.25, 0.3) is 0 Å². The van der Waals surface area contributed by atoms with Crippen LogP contribution in [-0.4, -0.2) is 12.6 Å². The SMILES string of the molecule is C=C1C2CCC(C2)C1(C)CC/C=C(/C)COC(=O)C(C)C. The van der Waals surface area contributed by atoms with Gasteiger partial charge in [-0.25, -0.2) is 0 Å². The third kappa shape index (κ3) is 3.41. The zero-order valence-electron chi connectivity index (χ0n) is 14.1. The van der Waals surface area contributed by atoms with Gasteiger partial charge in [0.2, 0.25) is 0 Å². The van der Waals surface area contributed by atoms with Crippen molar-refractivity contribution in [3.63, 3.8) is 0 Å². The van der Waals surface area contributed by atoms with Crippen LogP contribution in [0.15, 0.2) is 23.8 Å². The van der Waals surface area contributed by atoms with Crippen LogP contribution in [0.3, 0.4) is 0 Å². The van der Waals surface area contributed by atoms with Gasteiger partial charge in [0.1, 0.15) is 6.61 Å². The number of carbonyl (C=O) groups excluding carboxylic acids is 1. The molecular weight excluding hydrogens is 260 g/mol. The molecule has 0 N–H and O–H groups in total. The fourth-order valence-corrected chi connectivity index (χ4v) is 4.00. The largest absolute Gasteiger partial charge is 0.461 e. The average Bonchev–Trinajstić information content (AvgIpc) is 3.00. The summed E-state index contributed by atoms with van der Waals surface area (Å²) in [5.74, 6) is 1.48. The maximum absolute atomic E-state index is 11.4. The molecule has 118 valence electrons. The quantitative estimate of drug-likeness (QED) is 0.513. The zero-order chi connectivity index (χ0) is 15.6. The molecule has 2 aliphatic carbocycles. The van der Waals surface area contributed by atoms with Crippen LogP contribution in [0.2, 0.25) is 0 Å². The fraction of sp³-hybridized carbons (Fsp3) is 0.737. The molecule has 0 aromatic carbocycles. The molecule has 2 saturated carbocycles. The highest BCUT2D eigenvalue weighted by Crippen LogP contribution is 2.60. The van der Waals surface area contributed by atoms with Crippen molar-refractivity contribution in [1.29, 1.82) is 0 Å². The van der Waals surface area contributed by atoms with E-state index in [0.717, 1.165) is 23.8 Å². The molecule has 2 bridgehead atoms. The van der Waals surface area contributed by atoms with Gasteiger partial charge in [-0.2, -0.15) is 0 Å². The highest BCUT2D eigenvalue weighted by atomic mass is 16.5. The van der Waals surface area contributed by atoms with Crippen LogP contribution >= 0.6 is 0 Å².